The van der Waals surface area contributed by atoms with Gasteiger partial charge in [0.1, 0.15) is 0 Å². The zero-order valence-corrected chi connectivity index (χ0v) is 13.5. The fourth-order valence-corrected chi connectivity index (χ4v) is 2.24. The molecule has 116 valence electrons. The summed E-state index contributed by atoms with van der Waals surface area (Å²) in [7, 11) is 0. The average molecular weight is 283 g/mol. The Morgan fingerprint density at radius 2 is 1.55 bits per heavy atom. The van der Waals surface area contributed by atoms with E-state index in [1.165, 1.54) is 0 Å². The first kappa shape index (κ1) is 17.0. The van der Waals surface area contributed by atoms with E-state index in [2.05, 4.69) is 26.1 Å². The zero-order valence-electron chi connectivity index (χ0n) is 13.5. The Labute approximate surface area is 122 Å². The third kappa shape index (κ3) is 5.49. The van der Waals surface area contributed by atoms with E-state index in [4.69, 9.17) is 0 Å². The Bertz CT molecular complexity index is 340. The van der Waals surface area contributed by atoms with Crippen LogP contribution in [0.3, 0.4) is 0 Å². The number of carbonyl (C=O) groups excluding carboxylic acids is 2. The van der Waals surface area contributed by atoms with Gasteiger partial charge in [0.25, 0.3) is 0 Å². The molecule has 1 aliphatic heterocycles. The molecule has 1 rings (SSSR count). The van der Waals surface area contributed by atoms with Gasteiger partial charge in [0.2, 0.25) is 11.8 Å². The molecule has 5 nitrogen and oxygen atoms in total. The van der Waals surface area contributed by atoms with Gasteiger partial charge in [-0.15, -0.1) is 0 Å². The third-order valence-electron chi connectivity index (χ3n) is 3.43. The van der Waals surface area contributed by atoms with Gasteiger partial charge in [-0.05, 0) is 20.8 Å². The second-order valence-electron chi connectivity index (χ2n) is 6.79. The van der Waals surface area contributed by atoms with Crippen LogP contribution in [0.25, 0.3) is 0 Å². The second-order valence-corrected chi connectivity index (χ2v) is 6.79. The van der Waals surface area contributed by atoms with Crippen LogP contribution in [-0.4, -0.2) is 59.9 Å². The van der Waals surface area contributed by atoms with E-state index in [-0.39, 0.29) is 23.3 Å². The Hall–Kier alpha value is -1.10. The predicted molar refractivity (Wildman–Crippen MR) is 80.4 cm³/mol. The Morgan fingerprint density at radius 1 is 1.05 bits per heavy atom. The first-order valence-corrected chi connectivity index (χ1v) is 7.52. The van der Waals surface area contributed by atoms with E-state index in [1.807, 2.05) is 23.6 Å². The van der Waals surface area contributed by atoms with Crippen molar-refractivity contribution in [3.63, 3.8) is 0 Å². The highest BCUT2D eigenvalue weighted by Crippen LogP contribution is 2.08. The van der Waals surface area contributed by atoms with Gasteiger partial charge in [-0.1, -0.05) is 13.8 Å². The average Bonchev–Trinajstić information content (AvgIpc) is 2.36. The van der Waals surface area contributed by atoms with Crippen LogP contribution in [-0.2, 0) is 9.59 Å². The van der Waals surface area contributed by atoms with E-state index in [0.717, 1.165) is 0 Å². The molecule has 1 fully saturated rings. The summed E-state index contributed by atoms with van der Waals surface area (Å²) < 4.78 is 0. The smallest absolute Gasteiger partial charge is 0.225 e. The fraction of sp³-hybridized carbons (Fsp3) is 0.867. The normalized spacial score (nSPS) is 16.7. The molecule has 0 bridgehead atoms. The van der Waals surface area contributed by atoms with Gasteiger partial charge in [-0.25, -0.2) is 0 Å². The summed E-state index contributed by atoms with van der Waals surface area (Å²) in [5.41, 5.74) is 0.0443. The number of piperazine rings is 1. The highest BCUT2D eigenvalue weighted by Gasteiger charge is 2.25. The lowest BCUT2D eigenvalue weighted by Gasteiger charge is -2.35. The fourth-order valence-electron chi connectivity index (χ4n) is 2.24. The van der Waals surface area contributed by atoms with Gasteiger partial charge >= 0.3 is 0 Å². The SMILES string of the molecule is CC(C)C(=O)N1CCN(C(=O)CCNC(C)(C)C)CC1. The topological polar surface area (TPSA) is 52.7 Å². The number of hydrogen-bond donors (Lipinski definition) is 1. The maximum Gasteiger partial charge on any atom is 0.225 e. The van der Waals surface area contributed by atoms with E-state index < -0.39 is 0 Å². The largest absolute Gasteiger partial charge is 0.339 e. The van der Waals surface area contributed by atoms with E-state index in [9.17, 15) is 9.59 Å². The maximum atomic E-state index is 12.1. The third-order valence-corrected chi connectivity index (χ3v) is 3.43. The lowest BCUT2D eigenvalue weighted by atomic mass is 10.1. The number of rotatable bonds is 4. The summed E-state index contributed by atoms with van der Waals surface area (Å²) in [5, 5.41) is 3.32. The quantitative estimate of drug-likeness (QED) is 0.840. The molecule has 0 aromatic carbocycles. The molecule has 0 aromatic heterocycles. The van der Waals surface area contributed by atoms with Crippen LogP contribution < -0.4 is 5.32 Å². The molecule has 0 radical (unpaired) electrons. The van der Waals surface area contributed by atoms with Crippen LogP contribution in [0.5, 0.6) is 0 Å². The first-order valence-electron chi connectivity index (χ1n) is 7.52. The molecule has 1 saturated heterocycles. The predicted octanol–water partition coefficient (Wildman–Crippen LogP) is 1.09. The molecule has 0 atom stereocenters. The first-order chi connectivity index (χ1) is 9.20. The maximum absolute atomic E-state index is 12.1. The Morgan fingerprint density at radius 3 is 2.00 bits per heavy atom. The molecule has 0 unspecified atom stereocenters. The van der Waals surface area contributed by atoms with Crippen LogP contribution in [0.4, 0.5) is 0 Å². The van der Waals surface area contributed by atoms with Gasteiger partial charge in [0.15, 0.2) is 0 Å². The number of hydrogen-bond acceptors (Lipinski definition) is 3. The van der Waals surface area contributed by atoms with Crippen molar-refractivity contribution in [3.8, 4) is 0 Å². The molecular formula is C15H29N3O2. The van der Waals surface area contributed by atoms with Crippen LogP contribution in [0.15, 0.2) is 0 Å². The van der Waals surface area contributed by atoms with Gasteiger partial charge in [0, 0.05) is 50.6 Å². The van der Waals surface area contributed by atoms with Crippen LogP contribution in [0, 0.1) is 5.92 Å². The molecule has 0 spiro atoms. The summed E-state index contributed by atoms with van der Waals surface area (Å²) in [6, 6.07) is 0. The molecule has 1 N–H and O–H groups in total. The van der Waals surface area contributed by atoms with Crippen LogP contribution in [0.2, 0.25) is 0 Å². The van der Waals surface area contributed by atoms with Crippen molar-refractivity contribution in [3.05, 3.63) is 0 Å². The lowest BCUT2D eigenvalue weighted by molar-refractivity contribution is -0.141. The highest BCUT2D eigenvalue weighted by atomic mass is 16.2. The molecule has 0 aliphatic carbocycles. The lowest BCUT2D eigenvalue weighted by Crippen LogP contribution is -2.52. The molecule has 0 aromatic rings. The van der Waals surface area contributed by atoms with Crippen molar-refractivity contribution in [2.75, 3.05) is 32.7 Å². The van der Waals surface area contributed by atoms with E-state index in [1.54, 1.807) is 0 Å². The molecular weight excluding hydrogens is 254 g/mol. The Balaban J connectivity index is 2.31. The second kappa shape index (κ2) is 7.07. The highest BCUT2D eigenvalue weighted by molar-refractivity contribution is 5.79. The summed E-state index contributed by atoms with van der Waals surface area (Å²) in [4.78, 5) is 27.7. The van der Waals surface area contributed by atoms with Gasteiger partial charge < -0.3 is 15.1 Å². The number of amides is 2. The molecule has 5 heteroatoms. The van der Waals surface area contributed by atoms with Crippen molar-refractivity contribution in [1.82, 2.24) is 15.1 Å². The van der Waals surface area contributed by atoms with Crippen molar-refractivity contribution < 1.29 is 9.59 Å². The Kier molecular flexibility index (Phi) is 5.99. The van der Waals surface area contributed by atoms with Gasteiger partial charge in [0.05, 0.1) is 0 Å². The molecule has 1 aliphatic rings. The van der Waals surface area contributed by atoms with Crippen molar-refractivity contribution in [2.45, 2.75) is 46.6 Å². The molecule has 2 amide bonds. The van der Waals surface area contributed by atoms with E-state index in [0.29, 0.717) is 39.1 Å². The van der Waals surface area contributed by atoms with Crippen molar-refractivity contribution in [2.24, 2.45) is 5.92 Å². The van der Waals surface area contributed by atoms with Crippen LogP contribution in [0.1, 0.15) is 41.0 Å². The minimum Gasteiger partial charge on any atom is -0.339 e. The monoisotopic (exact) mass is 283 g/mol. The standard InChI is InChI=1S/C15H29N3O2/c1-12(2)14(20)18-10-8-17(9-11-18)13(19)6-7-16-15(3,4)5/h12,16H,6-11H2,1-5H3. The minimum absolute atomic E-state index is 0.0354. The number of nitrogens with one attached hydrogen (secondary N) is 1. The molecule has 0 saturated carbocycles. The molecule has 1 heterocycles. The zero-order chi connectivity index (χ0) is 15.3. The minimum atomic E-state index is 0.0354. The summed E-state index contributed by atoms with van der Waals surface area (Å²) in [6.45, 7) is 13.4. The number of carbonyl (C=O) groups is 2. The van der Waals surface area contributed by atoms with Crippen LogP contribution >= 0.6 is 0 Å². The summed E-state index contributed by atoms with van der Waals surface area (Å²) in [6.07, 6.45) is 0.523. The summed E-state index contributed by atoms with van der Waals surface area (Å²) >= 11 is 0. The van der Waals surface area contributed by atoms with Crippen molar-refractivity contribution in [1.29, 1.82) is 0 Å². The van der Waals surface area contributed by atoms with Gasteiger partial charge in [-0.3, -0.25) is 9.59 Å². The number of nitrogens with zero attached hydrogens (tertiary/aromatic N) is 2. The summed E-state index contributed by atoms with van der Waals surface area (Å²) in [5.74, 6) is 0.401. The van der Waals surface area contributed by atoms with Gasteiger partial charge in [-0.2, -0.15) is 0 Å². The van der Waals surface area contributed by atoms with Crippen molar-refractivity contribution >= 4 is 11.8 Å². The molecule has 20 heavy (non-hydrogen) atoms. The van der Waals surface area contributed by atoms with E-state index >= 15 is 0 Å².